The van der Waals surface area contributed by atoms with Gasteiger partial charge in [0.1, 0.15) is 0 Å². The van der Waals surface area contributed by atoms with Gasteiger partial charge in [-0.1, -0.05) is 131 Å². The monoisotopic (exact) mass is 338 g/mol. The Bertz CT molecular complexity index is 228. The highest BCUT2D eigenvalue weighted by atomic mass is 14.1. The van der Waals surface area contributed by atoms with Crippen molar-refractivity contribution in [3.05, 3.63) is 12.2 Å². The van der Waals surface area contributed by atoms with E-state index in [9.17, 15) is 0 Å². The van der Waals surface area contributed by atoms with Gasteiger partial charge in [0.25, 0.3) is 0 Å². The van der Waals surface area contributed by atoms with Gasteiger partial charge in [0.15, 0.2) is 0 Å². The molecule has 0 aromatic rings. The Morgan fingerprint density at radius 1 is 0.625 bits per heavy atom. The molecule has 0 heteroatoms. The molecule has 0 rings (SSSR count). The molecule has 0 saturated carbocycles. The van der Waals surface area contributed by atoms with E-state index in [2.05, 4.69) is 39.8 Å². The Morgan fingerprint density at radius 2 is 1.08 bits per heavy atom. The van der Waals surface area contributed by atoms with Gasteiger partial charge in [-0.3, -0.25) is 0 Å². The van der Waals surface area contributed by atoms with E-state index in [0.29, 0.717) is 0 Å². The Kier molecular flexibility index (Phi) is 24.6. The SMILES string of the molecule is CC.CCCCCCCCCCCCC/C=C/C(C)C(C)CCC. The summed E-state index contributed by atoms with van der Waals surface area (Å²) in [5, 5.41) is 0. The van der Waals surface area contributed by atoms with E-state index in [-0.39, 0.29) is 0 Å². The topological polar surface area (TPSA) is 0 Å². The van der Waals surface area contributed by atoms with Crippen molar-refractivity contribution in [3.8, 4) is 0 Å². The van der Waals surface area contributed by atoms with Crippen LogP contribution in [0.2, 0.25) is 0 Å². The Balaban J connectivity index is 0. The van der Waals surface area contributed by atoms with Crippen molar-refractivity contribution < 1.29 is 0 Å². The number of hydrogen-bond acceptors (Lipinski definition) is 0. The van der Waals surface area contributed by atoms with Crippen LogP contribution in [0, 0.1) is 11.8 Å². The first kappa shape index (κ1) is 26.0. The first-order chi connectivity index (χ1) is 11.7. The van der Waals surface area contributed by atoms with E-state index < -0.39 is 0 Å². The Hall–Kier alpha value is -0.260. The maximum Gasteiger partial charge on any atom is -0.0236 e. The average molecular weight is 339 g/mol. The number of allylic oxidation sites excluding steroid dienone is 2. The van der Waals surface area contributed by atoms with Crippen LogP contribution in [0.25, 0.3) is 0 Å². The van der Waals surface area contributed by atoms with Crippen LogP contribution in [0.3, 0.4) is 0 Å². The molecule has 0 nitrogen and oxygen atoms in total. The number of unbranched alkanes of at least 4 members (excludes halogenated alkanes) is 11. The highest BCUT2D eigenvalue weighted by molar-refractivity contribution is 4.88. The van der Waals surface area contributed by atoms with E-state index >= 15 is 0 Å². The number of hydrogen-bond donors (Lipinski definition) is 0. The zero-order valence-electron chi connectivity index (χ0n) is 18.2. The maximum atomic E-state index is 2.45. The van der Waals surface area contributed by atoms with Crippen LogP contribution >= 0.6 is 0 Å². The predicted molar refractivity (Wildman–Crippen MR) is 115 cm³/mol. The third-order valence-corrected chi connectivity index (χ3v) is 5.06. The molecule has 2 atom stereocenters. The molecule has 0 aliphatic heterocycles. The summed E-state index contributed by atoms with van der Waals surface area (Å²) in [6, 6.07) is 0. The van der Waals surface area contributed by atoms with Crippen LogP contribution in [0.15, 0.2) is 12.2 Å². The minimum atomic E-state index is 0.757. The first-order valence-electron chi connectivity index (χ1n) is 11.4. The van der Waals surface area contributed by atoms with Crippen molar-refractivity contribution in [2.24, 2.45) is 11.8 Å². The summed E-state index contributed by atoms with van der Waals surface area (Å²) in [7, 11) is 0. The summed E-state index contributed by atoms with van der Waals surface area (Å²) in [5.41, 5.74) is 0. The van der Waals surface area contributed by atoms with E-state index in [1.54, 1.807) is 0 Å². The van der Waals surface area contributed by atoms with E-state index in [0.717, 1.165) is 11.8 Å². The lowest BCUT2D eigenvalue weighted by molar-refractivity contribution is 0.423. The molecule has 0 aliphatic rings. The lowest BCUT2D eigenvalue weighted by Crippen LogP contribution is -2.04. The van der Waals surface area contributed by atoms with Crippen LogP contribution in [0.1, 0.15) is 131 Å². The fourth-order valence-corrected chi connectivity index (χ4v) is 3.15. The molecule has 24 heavy (non-hydrogen) atoms. The van der Waals surface area contributed by atoms with E-state index in [1.165, 1.54) is 89.9 Å². The van der Waals surface area contributed by atoms with Gasteiger partial charge < -0.3 is 0 Å². The highest BCUT2D eigenvalue weighted by Crippen LogP contribution is 2.18. The second-order valence-electron chi connectivity index (χ2n) is 7.38. The molecule has 0 fully saturated rings. The van der Waals surface area contributed by atoms with Gasteiger partial charge in [0, 0.05) is 0 Å². The molecule has 0 radical (unpaired) electrons. The maximum absolute atomic E-state index is 2.45. The van der Waals surface area contributed by atoms with E-state index in [1.807, 2.05) is 13.8 Å². The molecule has 0 aromatic heterocycles. The molecular formula is C24H50. The van der Waals surface area contributed by atoms with Crippen molar-refractivity contribution >= 4 is 0 Å². The third kappa shape index (κ3) is 19.8. The fourth-order valence-electron chi connectivity index (χ4n) is 3.15. The van der Waals surface area contributed by atoms with Crippen LogP contribution in [0.5, 0.6) is 0 Å². The molecule has 0 aliphatic carbocycles. The summed E-state index contributed by atoms with van der Waals surface area (Å²) in [6.07, 6.45) is 24.7. The molecule has 0 N–H and O–H groups in total. The van der Waals surface area contributed by atoms with Gasteiger partial charge in [0.05, 0.1) is 0 Å². The van der Waals surface area contributed by atoms with Gasteiger partial charge in [0.2, 0.25) is 0 Å². The molecule has 0 saturated heterocycles. The second kappa shape index (κ2) is 22.7. The predicted octanol–water partition coefficient (Wildman–Crippen LogP) is 9.34. The van der Waals surface area contributed by atoms with Crippen molar-refractivity contribution in [1.29, 1.82) is 0 Å². The lowest BCUT2D eigenvalue weighted by atomic mass is 9.91. The summed E-state index contributed by atoms with van der Waals surface area (Å²) < 4.78 is 0. The largest absolute Gasteiger partial charge is 0.0883 e. The minimum Gasteiger partial charge on any atom is -0.0883 e. The highest BCUT2D eigenvalue weighted by Gasteiger charge is 2.06. The Labute approximate surface area is 155 Å². The smallest absolute Gasteiger partial charge is 0.0236 e. The number of rotatable bonds is 16. The summed E-state index contributed by atoms with van der Waals surface area (Å²) in [5.74, 6) is 1.60. The molecule has 0 amide bonds. The summed E-state index contributed by atoms with van der Waals surface area (Å²) >= 11 is 0. The quantitative estimate of drug-likeness (QED) is 0.194. The zero-order valence-corrected chi connectivity index (χ0v) is 18.2. The standard InChI is InChI=1S/C22H44.C2H6/c1-5-7-8-9-10-11-12-13-14-15-16-17-18-20-22(4)21(3)19-6-2;1-2/h18,20-22H,5-17,19H2,1-4H3;1-2H3/b20-18+;. The molecule has 0 bridgehead atoms. The zero-order chi connectivity index (χ0) is 18.5. The van der Waals surface area contributed by atoms with Crippen LogP contribution < -0.4 is 0 Å². The molecular weight excluding hydrogens is 288 g/mol. The van der Waals surface area contributed by atoms with Gasteiger partial charge in [-0.15, -0.1) is 0 Å². The molecule has 0 aromatic carbocycles. The van der Waals surface area contributed by atoms with Crippen LogP contribution in [-0.2, 0) is 0 Å². The third-order valence-electron chi connectivity index (χ3n) is 5.06. The van der Waals surface area contributed by atoms with Gasteiger partial charge >= 0.3 is 0 Å². The van der Waals surface area contributed by atoms with Crippen molar-refractivity contribution in [2.45, 2.75) is 131 Å². The average Bonchev–Trinajstić information content (AvgIpc) is 2.60. The normalized spacial score (nSPS) is 13.6. The fraction of sp³-hybridized carbons (Fsp3) is 0.917. The Morgan fingerprint density at radius 3 is 1.54 bits per heavy atom. The summed E-state index contributed by atoms with van der Waals surface area (Å²) in [4.78, 5) is 0. The van der Waals surface area contributed by atoms with Gasteiger partial charge in [-0.25, -0.2) is 0 Å². The molecule has 2 unspecified atom stereocenters. The van der Waals surface area contributed by atoms with Crippen molar-refractivity contribution in [2.75, 3.05) is 0 Å². The second-order valence-corrected chi connectivity index (χ2v) is 7.38. The van der Waals surface area contributed by atoms with Crippen molar-refractivity contribution in [3.63, 3.8) is 0 Å². The van der Waals surface area contributed by atoms with Crippen molar-refractivity contribution in [1.82, 2.24) is 0 Å². The first-order valence-corrected chi connectivity index (χ1v) is 11.4. The van der Waals surface area contributed by atoms with E-state index in [4.69, 9.17) is 0 Å². The lowest BCUT2D eigenvalue weighted by Gasteiger charge is -2.15. The molecule has 0 spiro atoms. The molecule has 0 heterocycles. The molecule has 146 valence electrons. The summed E-state index contributed by atoms with van der Waals surface area (Å²) in [6.45, 7) is 13.3. The minimum absolute atomic E-state index is 0.757. The van der Waals surface area contributed by atoms with Gasteiger partial charge in [-0.2, -0.15) is 0 Å². The van der Waals surface area contributed by atoms with Gasteiger partial charge in [-0.05, 0) is 24.7 Å². The van der Waals surface area contributed by atoms with Crippen LogP contribution in [0.4, 0.5) is 0 Å². The van der Waals surface area contributed by atoms with Crippen LogP contribution in [-0.4, -0.2) is 0 Å².